The van der Waals surface area contributed by atoms with Crippen LogP contribution in [0.1, 0.15) is 19.3 Å². The minimum absolute atomic E-state index is 0.117. The van der Waals surface area contributed by atoms with Gasteiger partial charge in [0.05, 0.1) is 5.75 Å². The van der Waals surface area contributed by atoms with E-state index in [1.165, 1.54) is 6.42 Å². The molecule has 2 rings (SSSR count). The van der Waals surface area contributed by atoms with E-state index in [4.69, 9.17) is 11.6 Å². The smallest absolute Gasteiger partial charge is 0.230 e. The van der Waals surface area contributed by atoms with Gasteiger partial charge in [-0.05, 0) is 30.9 Å². The molecule has 0 aliphatic heterocycles. The Labute approximate surface area is 117 Å². The van der Waals surface area contributed by atoms with Crippen molar-refractivity contribution in [1.29, 1.82) is 0 Å². The van der Waals surface area contributed by atoms with Crippen molar-refractivity contribution in [2.24, 2.45) is 5.92 Å². The number of amides is 1. The van der Waals surface area contributed by atoms with E-state index in [-0.39, 0.29) is 11.9 Å². The SMILES string of the molecule is O=C(CSc1ccccc1)NC1CCCC1CCl. The average molecular weight is 284 g/mol. The summed E-state index contributed by atoms with van der Waals surface area (Å²) in [5.74, 6) is 1.70. The normalized spacial score (nSPS) is 22.9. The molecule has 1 amide bonds. The lowest BCUT2D eigenvalue weighted by molar-refractivity contribution is -0.119. The molecule has 0 radical (unpaired) electrons. The van der Waals surface area contributed by atoms with E-state index in [0.29, 0.717) is 17.6 Å². The molecule has 1 saturated carbocycles. The van der Waals surface area contributed by atoms with Gasteiger partial charge in [-0.3, -0.25) is 4.79 Å². The number of thioether (sulfide) groups is 1. The molecule has 98 valence electrons. The highest BCUT2D eigenvalue weighted by Gasteiger charge is 2.27. The van der Waals surface area contributed by atoms with Crippen LogP contribution in [0, 0.1) is 5.92 Å². The third kappa shape index (κ3) is 3.92. The number of hydrogen-bond donors (Lipinski definition) is 1. The third-order valence-corrected chi connectivity index (χ3v) is 4.73. The molecule has 2 unspecified atom stereocenters. The zero-order valence-electron chi connectivity index (χ0n) is 10.3. The van der Waals surface area contributed by atoms with Gasteiger partial charge in [-0.2, -0.15) is 0 Å². The van der Waals surface area contributed by atoms with Crippen LogP contribution in [0.25, 0.3) is 0 Å². The van der Waals surface area contributed by atoms with Crippen LogP contribution in [0.3, 0.4) is 0 Å². The second kappa shape index (κ2) is 7.05. The highest BCUT2D eigenvalue weighted by Crippen LogP contribution is 2.26. The van der Waals surface area contributed by atoms with Crippen LogP contribution in [0.2, 0.25) is 0 Å². The van der Waals surface area contributed by atoms with E-state index in [2.05, 4.69) is 5.32 Å². The number of benzene rings is 1. The Morgan fingerprint density at radius 2 is 2.11 bits per heavy atom. The van der Waals surface area contributed by atoms with Crippen molar-refractivity contribution < 1.29 is 4.79 Å². The lowest BCUT2D eigenvalue weighted by Gasteiger charge is -2.18. The molecule has 1 fully saturated rings. The van der Waals surface area contributed by atoms with Gasteiger partial charge in [-0.25, -0.2) is 0 Å². The fourth-order valence-electron chi connectivity index (χ4n) is 2.33. The highest BCUT2D eigenvalue weighted by atomic mass is 35.5. The molecule has 1 aliphatic rings. The number of carbonyl (C=O) groups excluding carboxylic acids is 1. The predicted octanol–water partition coefficient (Wildman–Crippen LogP) is 3.30. The van der Waals surface area contributed by atoms with Crippen molar-refractivity contribution in [2.75, 3.05) is 11.6 Å². The maximum Gasteiger partial charge on any atom is 0.230 e. The van der Waals surface area contributed by atoms with Crippen molar-refractivity contribution in [1.82, 2.24) is 5.32 Å². The van der Waals surface area contributed by atoms with Gasteiger partial charge in [0.2, 0.25) is 5.91 Å². The summed E-state index contributed by atoms with van der Waals surface area (Å²) >= 11 is 7.48. The highest BCUT2D eigenvalue weighted by molar-refractivity contribution is 8.00. The molecule has 1 aromatic rings. The molecule has 2 nitrogen and oxygen atoms in total. The number of hydrogen-bond acceptors (Lipinski definition) is 2. The Kier molecular flexibility index (Phi) is 5.39. The first-order valence-corrected chi connectivity index (χ1v) is 7.85. The number of carbonyl (C=O) groups is 1. The van der Waals surface area contributed by atoms with Gasteiger partial charge >= 0.3 is 0 Å². The first kappa shape index (κ1) is 13.8. The standard InChI is InChI=1S/C14H18ClNOS/c15-9-11-5-4-8-13(11)16-14(17)10-18-12-6-2-1-3-7-12/h1-3,6-7,11,13H,4-5,8-10H2,(H,16,17). The minimum atomic E-state index is 0.117. The van der Waals surface area contributed by atoms with E-state index in [0.717, 1.165) is 17.7 Å². The van der Waals surface area contributed by atoms with Crippen LogP contribution in [0.4, 0.5) is 0 Å². The summed E-state index contributed by atoms with van der Waals surface area (Å²) in [6.45, 7) is 0. The van der Waals surface area contributed by atoms with Crippen molar-refractivity contribution in [2.45, 2.75) is 30.2 Å². The fraction of sp³-hybridized carbons (Fsp3) is 0.500. The average Bonchev–Trinajstić information content (AvgIpc) is 2.85. The van der Waals surface area contributed by atoms with Gasteiger partial charge < -0.3 is 5.32 Å². The maximum atomic E-state index is 11.9. The first-order valence-electron chi connectivity index (χ1n) is 6.33. The first-order chi connectivity index (χ1) is 8.79. The van der Waals surface area contributed by atoms with E-state index in [1.807, 2.05) is 30.3 Å². The molecular weight excluding hydrogens is 266 g/mol. The third-order valence-electron chi connectivity index (χ3n) is 3.32. The molecule has 1 N–H and O–H groups in total. The Morgan fingerprint density at radius 1 is 1.33 bits per heavy atom. The van der Waals surface area contributed by atoms with Crippen molar-refractivity contribution in [3.8, 4) is 0 Å². The molecule has 0 bridgehead atoms. The number of nitrogens with one attached hydrogen (secondary N) is 1. The summed E-state index contributed by atoms with van der Waals surface area (Å²) in [7, 11) is 0. The molecule has 18 heavy (non-hydrogen) atoms. The van der Waals surface area contributed by atoms with Gasteiger partial charge in [0, 0.05) is 16.8 Å². The fourth-order valence-corrected chi connectivity index (χ4v) is 3.43. The zero-order chi connectivity index (χ0) is 12.8. The molecule has 1 aromatic carbocycles. The number of rotatable bonds is 5. The van der Waals surface area contributed by atoms with E-state index in [9.17, 15) is 4.79 Å². The molecule has 0 heterocycles. The Bertz CT molecular complexity index is 385. The molecule has 0 aromatic heterocycles. The summed E-state index contributed by atoms with van der Waals surface area (Å²) < 4.78 is 0. The lowest BCUT2D eigenvalue weighted by Crippen LogP contribution is -2.38. The largest absolute Gasteiger partial charge is 0.352 e. The summed E-state index contributed by atoms with van der Waals surface area (Å²) in [6, 6.07) is 10.3. The quantitative estimate of drug-likeness (QED) is 0.664. The van der Waals surface area contributed by atoms with Crippen LogP contribution < -0.4 is 5.32 Å². The minimum Gasteiger partial charge on any atom is -0.352 e. The zero-order valence-corrected chi connectivity index (χ0v) is 11.8. The van der Waals surface area contributed by atoms with Crippen molar-refractivity contribution >= 4 is 29.3 Å². The predicted molar refractivity (Wildman–Crippen MR) is 77.2 cm³/mol. The Balaban J connectivity index is 1.75. The number of halogens is 1. The second-order valence-electron chi connectivity index (χ2n) is 4.62. The lowest BCUT2D eigenvalue weighted by atomic mass is 10.1. The maximum absolute atomic E-state index is 11.9. The van der Waals surface area contributed by atoms with Gasteiger partial charge in [-0.15, -0.1) is 23.4 Å². The van der Waals surface area contributed by atoms with Crippen LogP contribution in [-0.4, -0.2) is 23.6 Å². The van der Waals surface area contributed by atoms with Gasteiger partial charge in [0.15, 0.2) is 0 Å². The number of alkyl halides is 1. The van der Waals surface area contributed by atoms with Crippen LogP contribution in [-0.2, 0) is 4.79 Å². The Hall–Kier alpha value is -0.670. The molecule has 0 saturated heterocycles. The van der Waals surface area contributed by atoms with Crippen LogP contribution in [0.5, 0.6) is 0 Å². The van der Waals surface area contributed by atoms with E-state index < -0.39 is 0 Å². The second-order valence-corrected chi connectivity index (χ2v) is 5.98. The molecule has 0 spiro atoms. The summed E-state index contributed by atoms with van der Waals surface area (Å²) in [6.07, 6.45) is 3.38. The summed E-state index contributed by atoms with van der Waals surface area (Å²) in [4.78, 5) is 13.0. The van der Waals surface area contributed by atoms with Gasteiger partial charge in [0.25, 0.3) is 0 Å². The monoisotopic (exact) mass is 283 g/mol. The summed E-state index contributed by atoms with van der Waals surface area (Å²) in [5, 5.41) is 3.11. The van der Waals surface area contributed by atoms with Gasteiger partial charge in [0.1, 0.15) is 0 Å². The van der Waals surface area contributed by atoms with E-state index >= 15 is 0 Å². The molecule has 2 atom stereocenters. The summed E-state index contributed by atoms with van der Waals surface area (Å²) in [5.41, 5.74) is 0. The molecular formula is C14H18ClNOS. The van der Waals surface area contributed by atoms with Gasteiger partial charge in [-0.1, -0.05) is 24.6 Å². The molecule has 4 heteroatoms. The van der Waals surface area contributed by atoms with Crippen molar-refractivity contribution in [3.63, 3.8) is 0 Å². The van der Waals surface area contributed by atoms with Crippen LogP contribution in [0.15, 0.2) is 35.2 Å². The van der Waals surface area contributed by atoms with Crippen LogP contribution >= 0.6 is 23.4 Å². The topological polar surface area (TPSA) is 29.1 Å². The Morgan fingerprint density at radius 3 is 2.83 bits per heavy atom. The molecule has 1 aliphatic carbocycles. The van der Waals surface area contributed by atoms with E-state index in [1.54, 1.807) is 11.8 Å². The van der Waals surface area contributed by atoms with Crippen molar-refractivity contribution in [3.05, 3.63) is 30.3 Å².